The van der Waals surface area contributed by atoms with Gasteiger partial charge in [-0.25, -0.2) is 0 Å². The summed E-state index contributed by atoms with van der Waals surface area (Å²) in [4.78, 5) is 38.0. The number of carbonyl (C=O) groups is 3. The summed E-state index contributed by atoms with van der Waals surface area (Å²) in [6.07, 6.45) is 61.3. The molecule has 6 nitrogen and oxygen atoms in total. The minimum atomic E-state index is -0.779. The van der Waals surface area contributed by atoms with E-state index in [1.165, 1.54) is 161 Å². The molecule has 1 atom stereocenters. The van der Waals surface area contributed by atoms with Crippen molar-refractivity contribution in [1.82, 2.24) is 0 Å². The molecule has 0 heterocycles. The Labute approximate surface area is 391 Å². The normalized spacial score (nSPS) is 12.2. The van der Waals surface area contributed by atoms with Gasteiger partial charge >= 0.3 is 17.9 Å². The van der Waals surface area contributed by atoms with Gasteiger partial charge in [-0.05, 0) is 77.0 Å². The molecule has 0 aromatic carbocycles. The summed E-state index contributed by atoms with van der Waals surface area (Å²) >= 11 is 0. The Kier molecular flexibility index (Phi) is 50.3. The van der Waals surface area contributed by atoms with E-state index in [0.29, 0.717) is 19.3 Å². The fourth-order valence-corrected chi connectivity index (χ4v) is 7.94. The van der Waals surface area contributed by atoms with Gasteiger partial charge in [0.15, 0.2) is 6.10 Å². The highest BCUT2D eigenvalue weighted by atomic mass is 16.6. The van der Waals surface area contributed by atoms with Crippen molar-refractivity contribution in [3.8, 4) is 0 Å². The highest BCUT2D eigenvalue weighted by Crippen LogP contribution is 2.16. The Hall–Kier alpha value is -2.37. The van der Waals surface area contributed by atoms with E-state index in [1.807, 2.05) is 0 Å². The zero-order valence-corrected chi connectivity index (χ0v) is 42.1. The van der Waals surface area contributed by atoms with Crippen LogP contribution in [0.1, 0.15) is 290 Å². The van der Waals surface area contributed by atoms with Crippen LogP contribution in [-0.4, -0.2) is 37.2 Å². The maximum absolute atomic E-state index is 12.8. The molecule has 0 spiro atoms. The second-order valence-electron chi connectivity index (χ2n) is 18.5. The Bertz CT molecular complexity index is 1060. The van der Waals surface area contributed by atoms with Crippen molar-refractivity contribution in [2.45, 2.75) is 297 Å². The first kappa shape index (κ1) is 60.6. The Morgan fingerprint density at radius 1 is 0.317 bits per heavy atom. The van der Waals surface area contributed by atoms with Gasteiger partial charge in [-0.2, -0.15) is 0 Å². The van der Waals surface area contributed by atoms with E-state index in [1.54, 1.807) is 0 Å². The molecule has 63 heavy (non-hydrogen) atoms. The number of unbranched alkanes of at least 4 members (excludes halogenated alkanes) is 33. The Morgan fingerprint density at radius 3 is 0.937 bits per heavy atom. The summed E-state index contributed by atoms with van der Waals surface area (Å²) in [6.45, 7) is 6.61. The molecule has 0 saturated heterocycles. The van der Waals surface area contributed by atoms with Crippen LogP contribution < -0.4 is 0 Å². The number of hydrogen-bond acceptors (Lipinski definition) is 6. The third-order valence-electron chi connectivity index (χ3n) is 12.1. The summed E-state index contributed by atoms with van der Waals surface area (Å²) in [5.41, 5.74) is 0. The van der Waals surface area contributed by atoms with Crippen LogP contribution in [0, 0.1) is 0 Å². The van der Waals surface area contributed by atoms with Gasteiger partial charge in [-0.15, -0.1) is 0 Å². The third-order valence-corrected chi connectivity index (χ3v) is 12.1. The zero-order valence-electron chi connectivity index (χ0n) is 42.1. The predicted octanol–water partition coefficient (Wildman–Crippen LogP) is 18.1. The average molecular weight is 885 g/mol. The molecule has 0 aliphatic rings. The lowest BCUT2D eigenvalue weighted by molar-refractivity contribution is -0.167. The quantitative estimate of drug-likeness (QED) is 0.0262. The van der Waals surface area contributed by atoms with Crippen molar-refractivity contribution in [1.29, 1.82) is 0 Å². The second kappa shape index (κ2) is 52.3. The van der Waals surface area contributed by atoms with Crippen LogP contribution in [0.15, 0.2) is 36.5 Å². The first-order valence-electron chi connectivity index (χ1n) is 27.5. The molecule has 0 aromatic heterocycles. The van der Waals surface area contributed by atoms with Crippen molar-refractivity contribution in [3.05, 3.63) is 36.5 Å². The molecule has 0 aromatic rings. The maximum atomic E-state index is 12.8. The monoisotopic (exact) mass is 885 g/mol. The van der Waals surface area contributed by atoms with Gasteiger partial charge in [0.2, 0.25) is 0 Å². The summed E-state index contributed by atoms with van der Waals surface area (Å²) in [5.74, 6) is -0.887. The van der Waals surface area contributed by atoms with Gasteiger partial charge in [0.25, 0.3) is 0 Å². The highest BCUT2D eigenvalue weighted by Gasteiger charge is 2.19. The number of carbonyl (C=O) groups excluding carboxylic acids is 3. The number of rotatable bonds is 50. The predicted molar refractivity (Wildman–Crippen MR) is 270 cm³/mol. The van der Waals surface area contributed by atoms with Gasteiger partial charge in [-0.3, -0.25) is 14.4 Å². The van der Waals surface area contributed by atoms with Crippen molar-refractivity contribution < 1.29 is 28.6 Å². The molecular formula is C57H104O6. The molecule has 0 N–H and O–H groups in total. The Morgan fingerprint density at radius 2 is 0.571 bits per heavy atom. The van der Waals surface area contributed by atoms with Crippen molar-refractivity contribution in [2.75, 3.05) is 13.2 Å². The molecule has 0 fully saturated rings. The maximum Gasteiger partial charge on any atom is 0.306 e. The van der Waals surface area contributed by atoms with E-state index in [2.05, 4.69) is 57.2 Å². The molecule has 0 amide bonds. The fourth-order valence-electron chi connectivity index (χ4n) is 7.94. The lowest BCUT2D eigenvalue weighted by Gasteiger charge is -2.18. The van der Waals surface area contributed by atoms with E-state index in [9.17, 15) is 14.4 Å². The van der Waals surface area contributed by atoms with Crippen LogP contribution >= 0.6 is 0 Å². The number of allylic oxidation sites excluding steroid dienone is 6. The van der Waals surface area contributed by atoms with Crippen LogP contribution in [0.3, 0.4) is 0 Å². The first-order valence-corrected chi connectivity index (χ1v) is 27.5. The van der Waals surface area contributed by atoms with Crippen LogP contribution in [0.2, 0.25) is 0 Å². The molecule has 6 heteroatoms. The van der Waals surface area contributed by atoms with Crippen LogP contribution in [0.4, 0.5) is 0 Å². The smallest absolute Gasteiger partial charge is 0.306 e. The zero-order chi connectivity index (χ0) is 45.8. The van der Waals surface area contributed by atoms with Crippen molar-refractivity contribution >= 4 is 17.9 Å². The molecule has 0 rings (SSSR count). The molecule has 0 aliphatic carbocycles. The standard InChI is InChI=1S/C57H104O6/c1-4-7-10-13-16-19-22-25-27-28-30-32-35-38-41-44-47-50-56(59)62-53-54(52-61-55(58)49-46-43-40-37-34-31-24-21-18-15-12-9-6-3)63-57(60)51-48-45-42-39-36-33-29-26-23-20-17-14-11-8-5-2/h17,20-21,24,26,29,54H,4-16,18-19,22-23,25,27-28,30-53H2,1-3H3/b20-17-,24-21-,29-26-/t54-/m1/s1. The van der Waals surface area contributed by atoms with Gasteiger partial charge in [0, 0.05) is 19.3 Å². The molecular weight excluding hydrogens is 781 g/mol. The molecule has 0 bridgehead atoms. The van der Waals surface area contributed by atoms with E-state index >= 15 is 0 Å². The van der Waals surface area contributed by atoms with Crippen LogP contribution in [-0.2, 0) is 28.6 Å². The van der Waals surface area contributed by atoms with Crippen LogP contribution in [0.5, 0.6) is 0 Å². The first-order chi connectivity index (χ1) is 31.0. The SMILES string of the molecule is CCCCC/C=C\C/C=C\CCCCCCCC(=O)O[C@H](COC(=O)CCCCCCC/C=C\CCCCCC)COC(=O)CCCCCCCCCCCCCCCCCCC. The average Bonchev–Trinajstić information content (AvgIpc) is 3.28. The fraction of sp³-hybridized carbons (Fsp3) is 0.842. The van der Waals surface area contributed by atoms with Crippen molar-refractivity contribution in [2.24, 2.45) is 0 Å². The second-order valence-corrected chi connectivity index (χ2v) is 18.5. The van der Waals surface area contributed by atoms with E-state index in [-0.39, 0.29) is 31.1 Å². The number of esters is 3. The van der Waals surface area contributed by atoms with Crippen molar-refractivity contribution in [3.63, 3.8) is 0 Å². The molecule has 0 radical (unpaired) electrons. The van der Waals surface area contributed by atoms with Gasteiger partial charge in [0.05, 0.1) is 0 Å². The lowest BCUT2D eigenvalue weighted by atomic mass is 10.0. The minimum Gasteiger partial charge on any atom is -0.462 e. The van der Waals surface area contributed by atoms with Gasteiger partial charge in [0.1, 0.15) is 13.2 Å². The summed E-state index contributed by atoms with van der Waals surface area (Å²) < 4.78 is 16.8. The lowest BCUT2D eigenvalue weighted by Crippen LogP contribution is -2.30. The van der Waals surface area contributed by atoms with E-state index in [4.69, 9.17) is 14.2 Å². The molecule has 0 saturated carbocycles. The van der Waals surface area contributed by atoms with Gasteiger partial charge < -0.3 is 14.2 Å². The topological polar surface area (TPSA) is 78.9 Å². The molecule has 0 aliphatic heterocycles. The minimum absolute atomic E-state index is 0.0772. The summed E-state index contributed by atoms with van der Waals surface area (Å²) in [6, 6.07) is 0. The molecule has 0 unspecified atom stereocenters. The Balaban J connectivity index is 4.36. The van der Waals surface area contributed by atoms with Crippen LogP contribution in [0.25, 0.3) is 0 Å². The highest BCUT2D eigenvalue weighted by molar-refractivity contribution is 5.71. The number of ether oxygens (including phenoxy) is 3. The van der Waals surface area contributed by atoms with E-state index in [0.717, 1.165) is 89.9 Å². The largest absolute Gasteiger partial charge is 0.462 e. The van der Waals surface area contributed by atoms with E-state index < -0.39 is 6.10 Å². The summed E-state index contributed by atoms with van der Waals surface area (Å²) in [7, 11) is 0. The third kappa shape index (κ3) is 50.5. The number of hydrogen-bond donors (Lipinski definition) is 0. The summed E-state index contributed by atoms with van der Waals surface area (Å²) in [5, 5.41) is 0. The van der Waals surface area contributed by atoms with Gasteiger partial charge in [-0.1, -0.05) is 231 Å². The molecule has 368 valence electrons.